The van der Waals surface area contributed by atoms with Crippen LogP contribution < -0.4 is 15.3 Å². The predicted molar refractivity (Wildman–Crippen MR) is 110 cm³/mol. The number of anilines is 1. The second-order valence-corrected chi connectivity index (χ2v) is 7.14. The van der Waals surface area contributed by atoms with E-state index in [1.807, 2.05) is 29.8 Å². The van der Waals surface area contributed by atoms with Gasteiger partial charge in [-0.1, -0.05) is 19.3 Å². The summed E-state index contributed by atoms with van der Waals surface area (Å²) in [5, 5.41) is 5.95. The van der Waals surface area contributed by atoms with E-state index >= 15 is 0 Å². The van der Waals surface area contributed by atoms with Crippen molar-refractivity contribution in [3.63, 3.8) is 0 Å². The van der Waals surface area contributed by atoms with Gasteiger partial charge in [0.1, 0.15) is 5.75 Å². The molecule has 1 aromatic carbocycles. The highest BCUT2D eigenvalue weighted by molar-refractivity contribution is 6.64. The number of nitrogens with one attached hydrogen (secondary N) is 2. The van der Waals surface area contributed by atoms with Gasteiger partial charge >= 0.3 is 0 Å². The normalized spacial score (nSPS) is 15.6. The Hall–Kier alpha value is -2.61. The van der Waals surface area contributed by atoms with Gasteiger partial charge in [-0.25, -0.2) is 4.98 Å². The largest absolute Gasteiger partial charge is 0.496 e. The Kier molecular flexibility index (Phi) is 6.87. The molecular formula is C20H26BN4O3. The van der Waals surface area contributed by atoms with E-state index in [4.69, 9.17) is 4.74 Å². The van der Waals surface area contributed by atoms with Gasteiger partial charge in [0.05, 0.1) is 37.6 Å². The molecule has 3 rings (SSSR count). The molecule has 0 saturated heterocycles. The number of ether oxygens (including phenoxy) is 1. The minimum Gasteiger partial charge on any atom is -0.496 e. The van der Waals surface area contributed by atoms with E-state index < -0.39 is 6.04 Å². The number of aryl methyl sites for hydroxylation is 1. The lowest BCUT2D eigenvalue weighted by Crippen LogP contribution is -2.48. The van der Waals surface area contributed by atoms with Crippen molar-refractivity contribution in [3.05, 3.63) is 30.7 Å². The molecule has 2 aromatic rings. The predicted octanol–water partition coefficient (Wildman–Crippen LogP) is 2.38. The van der Waals surface area contributed by atoms with Crippen LogP contribution in [0.1, 0.15) is 32.1 Å². The summed E-state index contributed by atoms with van der Waals surface area (Å²) in [6, 6.07) is 5.14. The van der Waals surface area contributed by atoms with E-state index in [9.17, 15) is 9.59 Å². The third-order valence-corrected chi connectivity index (χ3v) is 5.31. The number of benzene rings is 1. The molecule has 7 nitrogen and oxygen atoms in total. The molecule has 28 heavy (non-hydrogen) atoms. The van der Waals surface area contributed by atoms with E-state index in [1.54, 1.807) is 19.6 Å². The van der Waals surface area contributed by atoms with Crippen molar-refractivity contribution in [1.29, 1.82) is 0 Å². The molecule has 1 heterocycles. The smallest absolute Gasteiger partial charge is 0.291 e. The Balaban J connectivity index is 1.77. The zero-order valence-corrected chi connectivity index (χ0v) is 16.4. The van der Waals surface area contributed by atoms with Gasteiger partial charge in [0.25, 0.3) is 7.41 Å². The fraction of sp³-hybridized carbons (Fsp3) is 0.450. The molecule has 0 spiro atoms. The minimum atomic E-state index is -0.423. The highest BCUT2D eigenvalue weighted by Crippen LogP contribution is 2.32. The molecule has 2 N–H and O–H groups in total. The number of aromatic nitrogens is 2. The van der Waals surface area contributed by atoms with Crippen molar-refractivity contribution in [1.82, 2.24) is 14.8 Å². The third-order valence-electron chi connectivity index (χ3n) is 5.31. The van der Waals surface area contributed by atoms with Gasteiger partial charge in [-0.15, -0.1) is 0 Å². The summed E-state index contributed by atoms with van der Waals surface area (Å²) >= 11 is 0. The molecule has 1 fully saturated rings. The summed E-state index contributed by atoms with van der Waals surface area (Å²) in [5.74, 6) is 0.740. The Bertz CT molecular complexity index is 818. The van der Waals surface area contributed by atoms with Gasteiger partial charge in [0.2, 0.25) is 5.91 Å². The maximum atomic E-state index is 12.9. The van der Waals surface area contributed by atoms with E-state index in [0.717, 1.165) is 36.9 Å². The first-order valence-corrected chi connectivity index (χ1v) is 9.62. The Morgan fingerprint density at radius 2 is 2.14 bits per heavy atom. The van der Waals surface area contributed by atoms with Gasteiger partial charge in [-0.2, -0.15) is 0 Å². The first-order valence-electron chi connectivity index (χ1n) is 9.62. The maximum absolute atomic E-state index is 12.9. The zero-order chi connectivity index (χ0) is 19.9. The molecule has 1 atom stereocenters. The highest BCUT2D eigenvalue weighted by atomic mass is 16.5. The van der Waals surface area contributed by atoms with Crippen molar-refractivity contribution < 1.29 is 14.3 Å². The Morgan fingerprint density at radius 1 is 1.36 bits per heavy atom. The average Bonchev–Trinajstić information content (AvgIpc) is 3.14. The number of methoxy groups -OCH3 is 1. The lowest BCUT2D eigenvalue weighted by Gasteiger charge is -2.29. The zero-order valence-electron chi connectivity index (χ0n) is 16.4. The summed E-state index contributed by atoms with van der Waals surface area (Å²) in [5.41, 5.74) is 2.48. The summed E-state index contributed by atoms with van der Waals surface area (Å²) in [7, 11) is 4.83. The van der Waals surface area contributed by atoms with E-state index in [1.165, 1.54) is 13.8 Å². The first kappa shape index (κ1) is 20.1. The van der Waals surface area contributed by atoms with Crippen LogP contribution in [-0.4, -0.2) is 42.2 Å². The third kappa shape index (κ3) is 4.62. The van der Waals surface area contributed by atoms with Crippen LogP contribution in [0.5, 0.6) is 5.75 Å². The van der Waals surface area contributed by atoms with Crippen LogP contribution in [0.25, 0.3) is 11.3 Å². The number of rotatable bonds is 8. The molecule has 1 saturated carbocycles. The molecule has 1 amide bonds. The molecule has 8 heteroatoms. The van der Waals surface area contributed by atoms with Crippen LogP contribution in [0.15, 0.2) is 30.7 Å². The van der Waals surface area contributed by atoms with Crippen LogP contribution in [0, 0.1) is 5.92 Å². The van der Waals surface area contributed by atoms with Crippen molar-refractivity contribution in [2.24, 2.45) is 13.0 Å². The lowest BCUT2D eigenvalue weighted by molar-refractivity contribution is -0.119. The van der Waals surface area contributed by atoms with Crippen molar-refractivity contribution in [3.8, 4) is 17.0 Å². The van der Waals surface area contributed by atoms with Crippen LogP contribution in [-0.2, 0) is 16.6 Å². The van der Waals surface area contributed by atoms with Crippen LogP contribution in [0.3, 0.4) is 0 Å². The second kappa shape index (κ2) is 9.55. The summed E-state index contributed by atoms with van der Waals surface area (Å²) in [6.45, 7) is 0. The van der Waals surface area contributed by atoms with Crippen molar-refractivity contribution in [2.75, 3.05) is 12.4 Å². The molecule has 0 aliphatic heterocycles. The van der Waals surface area contributed by atoms with Crippen molar-refractivity contribution in [2.45, 2.75) is 38.1 Å². The van der Waals surface area contributed by atoms with Gasteiger partial charge in [0, 0.05) is 24.4 Å². The number of hydrogen-bond acceptors (Lipinski definition) is 5. The fourth-order valence-electron chi connectivity index (χ4n) is 3.85. The molecule has 1 radical (unpaired) electrons. The molecule has 1 aliphatic carbocycles. The SMILES string of the molecule is COc1cc(NC(=O)C(N[B]C=O)C2CCCCC2)ccc1-c1cncn1C. The minimum absolute atomic E-state index is 0.139. The number of imidazole rings is 1. The molecule has 1 unspecified atom stereocenters. The molecule has 1 aromatic heterocycles. The summed E-state index contributed by atoms with van der Waals surface area (Å²) < 4.78 is 7.44. The second-order valence-electron chi connectivity index (χ2n) is 7.14. The number of amides is 1. The Labute approximate surface area is 166 Å². The summed E-state index contributed by atoms with van der Waals surface area (Å²) in [6.07, 6.45) is 9.59. The maximum Gasteiger partial charge on any atom is 0.291 e. The first-order chi connectivity index (χ1) is 13.6. The van der Waals surface area contributed by atoms with Crippen LogP contribution in [0.4, 0.5) is 5.69 Å². The summed E-state index contributed by atoms with van der Waals surface area (Å²) in [4.78, 5) is 27.8. The molecular weight excluding hydrogens is 355 g/mol. The van der Waals surface area contributed by atoms with Gasteiger partial charge < -0.3 is 24.6 Å². The number of carbonyl (C=O) groups is 2. The number of nitrogens with zero attached hydrogens (tertiary/aromatic N) is 2. The van der Waals surface area contributed by atoms with E-state index in [0.29, 0.717) is 17.6 Å². The van der Waals surface area contributed by atoms with E-state index in [-0.39, 0.29) is 11.8 Å². The van der Waals surface area contributed by atoms with Gasteiger partial charge in [0.15, 0.2) is 0 Å². The molecule has 1 aliphatic rings. The monoisotopic (exact) mass is 381 g/mol. The average molecular weight is 381 g/mol. The van der Waals surface area contributed by atoms with E-state index in [2.05, 4.69) is 15.5 Å². The van der Waals surface area contributed by atoms with Gasteiger partial charge in [-0.05, 0) is 30.9 Å². The van der Waals surface area contributed by atoms with Crippen LogP contribution in [0.2, 0.25) is 0 Å². The highest BCUT2D eigenvalue weighted by Gasteiger charge is 2.29. The van der Waals surface area contributed by atoms with Crippen molar-refractivity contribution >= 4 is 25.2 Å². The fourth-order valence-corrected chi connectivity index (χ4v) is 3.85. The van der Waals surface area contributed by atoms with Gasteiger partial charge in [-0.3, -0.25) is 4.79 Å². The number of hydrogen-bond donors (Lipinski definition) is 2. The Morgan fingerprint density at radius 3 is 2.79 bits per heavy atom. The number of carbonyl (C=O) groups excluding carboxylic acids is 2. The standard InChI is InChI=1S/C20H26BN4O3/c1-25-13-22-11-17(25)16-9-8-15(10-18(16)28-2)23-20(27)19(24-21-12-26)14-6-4-3-5-7-14/h8-14,19,24H,3-7H2,1-2H3,(H,23,27). The molecule has 147 valence electrons. The lowest BCUT2D eigenvalue weighted by atomic mass is 9.81. The molecule has 0 bridgehead atoms. The quantitative estimate of drug-likeness (QED) is 0.542. The topological polar surface area (TPSA) is 85.2 Å². The van der Waals surface area contributed by atoms with Crippen LogP contribution >= 0.6 is 0 Å².